The summed E-state index contributed by atoms with van der Waals surface area (Å²) in [6.07, 6.45) is 0.440. The van der Waals surface area contributed by atoms with Crippen LogP contribution in [-0.2, 0) is 22.6 Å². The van der Waals surface area contributed by atoms with E-state index in [1.807, 2.05) is 60.7 Å². The number of carbonyl (C=O) groups excluding carboxylic acids is 2. The second kappa shape index (κ2) is 6.71. The van der Waals surface area contributed by atoms with Crippen LogP contribution in [0, 0.1) is 0 Å². The zero-order valence-corrected chi connectivity index (χ0v) is 13.5. The molecule has 4 nitrogen and oxygen atoms in total. The van der Waals surface area contributed by atoms with E-state index in [2.05, 4.69) is 0 Å². The van der Waals surface area contributed by atoms with Gasteiger partial charge in [-0.3, -0.25) is 9.59 Å². The predicted molar refractivity (Wildman–Crippen MR) is 91.3 cm³/mol. The zero-order valence-electron chi connectivity index (χ0n) is 13.5. The maximum Gasteiger partial charge on any atom is 0.261 e. The molecule has 4 heteroatoms. The van der Waals surface area contributed by atoms with Gasteiger partial charge in [0.1, 0.15) is 17.4 Å². The van der Waals surface area contributed by atoms with E-state index in [4.69, 9.17) is 0 Å². The van der Waals surface area contributed by atoms with Crippen LogP contribution in [0.3, 0.4) is 0 Å². The lowest BCUT2D eigenvalue weighted by Crippen LogP contribution is -2.36. The number of nitrogens with zero attached hydrogens (tertiary/aromatic N) is 1. The third-order valence-electron chi connectivity index (χ3n) is 4.23. The van der Waals surface area contributed by atoms with Crippen molar-refractivity contribution in [1.29, 1.82) is 0 Å². The van der Waals surface area contributed by atoms with Crippen molar-refractivity contribution in [2.75, 3.05) is 0 Å². The van der Waals surface area contributed by atoms with Gasteiger partial charge in [-0.05, 0) is 18.1 Å². The molecule has 0 bridgehead atoms. The first-order chi connectivity index (χ1) is 11.6. The number of aliphatic hydroxyl groups is 1. The molecule has 0 radical (unpaired) electrons. The van der Waals surface area contributed by atoms with Gasteiger partial charge in [-0.2, -0.15) is 0 Å². The summed E-state index contributed by atoms with van der Waals surface area (Å²) < 4.78 is 0. The van der Waals surface area contributed by atoms with Crippen LogP contribution in [0.4, 0.5) is 0 Å². The Morgan fingerprint density at radius 1 is 0.958 bits per heavy atom. The first kappa shape index (κ1) is 16.0. The maximum atomic E-state index is 12.7. The molecule has 1 fully saturated rings. The quantitative estimate of drug-likeness (QED) is 0.535. The van der Waals surface area contributed by atoms with Gasteiger partial charge in [0.15, 0.2) is 5.78 Å². The largest absolute Gasteiger partial charge is 0.512 e. The summed E-state index contributed by atoms with van der Waals surface area (Å²) in [6.45, 7) is 1.73. The molecule has 0 saturated carbocycles. The SMILES string of the molecule is C/C(O)=C1/C(=O)[C@@H](Cc2ccccc2)N(Cc2ccccc2)C1=O. The van der Waals surface area contributed by atoms with Crippen LogP contribution >= 0.6 is 0 Å². The van der Waals surface area contributed by atoms with Crippen molar-refractivity contribution in [3.63, 3.8) is 0 Å². The summed E-state index contributed by atoms with van der Waals surface area (Å²) in [4.78, 5) is 26.9. The minimum absolute atomic E-state index is 0.0909. The van der Waals surface area contributed by atoms with Gasteiger partial charge in [0, 0.05) is 13.0 Å². The molecule has 2 aromatic rings. The number of hydrogen-bond donors (Lipinski definition) is 1. The summed E-state index contributed by atoms with van der Waals surface area (Å²) >= 11 is 0. The molecular weight excluding hydrogens is 302 g/mol. The zero-order chi connectivity index (χ0) is 17.1. The van der Waals surface area contributed by atoms with Crippen LogP contribution in [0.5, 0.6) is 0 Å². The molecule has 1 atom stereocenters. The lowest BCUT2D eigenvalue weighted by atomic mass is 10.0. The second-order valence-corrected chi connectivity index (χ2v) is 5.95. The molecule has 2 aromatic carbocycles. The monoisotopic (exact) mass is 321 g/mol. The molecule has 24 heavy (non-hydrogen) atoms. The average molecular weight is 321 g/mol. The van der Waals surface area contributed by atoms with E-state index in [0.29, 0.717) is 13.0 Å². The Balaban J connectivity index is 1.94. The molecule has 0 spiro atoms. The molecule has 1 saturated heterocycles. The predicted octanol–water partition coefficient (Wildman–Crippen LogP) is 3.04. The van der Waals surface area contributed by atoms with Crippen molar-refractivity contribution in [3.05, 3.63) is 83.1 Å². The van der Waals surface area contributed by atoms with Crippen LogP contribution < -0.4 is 0 Å². The Kier molecular flexibility index (Phi) is 4.47. The van der Waals surface area contributed by atoms with E-state index < -0.39 is 11.9 Å². The topological polar surface area (TPSA) is 57.6 Å². The highest BCUT2D eigenvalue weighted by Gasteiger charge is 2.44. The smallest absolute Gasteiger partial charge is 0.261 e. The third kappa shape index (κ3) is 3.08. The van der Waals surface area contributed by atoms with Crippen LogP contribution in [0.1, 0.15) is 18.1 Å². The molecule has 3 rings (SSSR count). The lowest BCUT2D eigenvalue weighted by molar-refractivity contribution is -0.127. The number of likely N-dealkylation sites (tertiary alicyclic amines) is 1. The van der Waals surface area contributed by atoms with Gasteiger partial charge in [0.2, 0.25) is 0 Å². The Bertz CT molecular complexity index is 716. The van der Waals surface area contributed by atoms with Gasteiger partial charge in [-0.15, -0.1) is 0 Å². The minimum atomic E-state index is -0.586. The number of allylic oxidation sites excluding steroid dienone is 1. The van der Waals surface area contributed by atoms with Crippen LogP contribution in [0.25, 0.3) is 0 Å². The van der Waals surface area contributed by atoms with E-state index in [1.54, 1.807) is 4.90 Å². The van der Waals surface area contributed by atoms with Crippen molar-refractivity contribution in [2.24, 2.45) is 0 Å². The highest BCUT2D eigenvalue weighted by atomic mass is 16.3. The molecule has 122 valence electrons. The number of hydrogen-bond acceptors (Lipinski definition) is 3. The summed E-state index contributed by atoms with van der Waals surface area (Å²) in [5.41, 5.74) is 1.85. The third-order valence-corrected chi connectivity index (χ3v) is 4.23. The number of aliphatic hydroxyl groups excluding tert-OH is 1. The Morgan fingerprint density at radius 3 is 2.04 bits per heavy atom. The molecule has 0 aliphatic carbocycles. The molecule has 1 aliphatic rings. The molecule has 0 aromatic heterocycles. The van der Waals surface area contributed by atoms with Gasteiger partial charge in [0.05, 0.1) is 0 Å². The lowest BCUT2D eigenvalue weighted by Gasteiger charge is -2.23. The van der Waals surface area contributed by atoms with Crippen molar-refractivity contribution in [1.82, 2.24) is 4.90 Å². The highest BCUT2D eigenvalue weighted by Crippen LogP contribution is 2.27. The van der Waals surface area contributed by atoms with E-state index in [9.17, 15) is 14.7 Å². The van der Waals surface area contributed by atoms with E-state index in [-0.39, 0.29) is 17.1 Å². The number of Topliss-reactive ketones (excluding diaryl/α,β-unsaturated/α-hetero) is 1. The van der Waals surface area contributed by atoms with Crippen molar-refractivity contribution in [2.45, 2.75) is 25.9 Å². The summed E-state index contributed by atoms with van der Waals surface area (Å²) in [6, 6.07) is 18.6. The molecule has 1 aliphatic heterocycles. The Hall–Kier alpha value is -2.88. The van der Waals surface area contributed by atoms with Gasteiger partial charge in [-0.1, -0.05) is 60.7 Å². The van der Waals surface area contributed by atoms with E-state index in [0.717, 1.165) is 11.1 Å². The standard InChI is InChI=1S/C20H19NO3/c1-14(22)18-19(23)17(12-15-8-4-2-5-9-15)21(20(18)24)13-16-10-6-3-7-11-16/h2-11,17,22H,12-13H2,1H3/b18-14+/t17-/m1/s1. The summed E-state index contributed by atoms with van der Waals surface area (Å²) in [5, 5.41) is 9.77. The first-order valence-electron chi connectivity index (χ1n) is 7.91. The first-order valence-corrected chi connectivity index (χ1v) is 7.91. The van der Waals surface area contributed by atoms with Gasteiger partial charge < -0.3 is 10.0 Å². The molecule has 1 heterocycles. The Labute approximate surface area is 141 Å². The summed E-state index contributed by atoms with van der Waals surface area (Å²) in [5.74, 6) is -0.914. The van der Waals surface area contributed by atoms with E-state index in [1.165, 1.54) is 6.92 Å². The summed E-state index contributed by atoms with van der Waals surface area (Å²) in [7, 11) is 0. The number of benzene rings is 2. The van der Waals surface area contributed by atoms with Crippen LogP contribution in [-0.4, -0.2) is 27.7 Å². The fourth-order valence-corrected chi connectivity index (χ4v) is 3.03. The minimum Gasteiger partial charge on any atom is -0.512 e. The fraction of sp³-hybridized carbons (Fsp3) is 0.200. The van der Waals surface area contributed by atoms with Crippen LogP contribution in [0.2, 0.25) is 0 Å². The van der Waals surface area contributed by atoms with Gasteiger partial charge >= 0.3 is 0 Å². The van der Waals surface area contributed by atoms with Crippen molar-refractivity contribution < 1.29 is 14.7 Å². The van der Waals surface area contributed by atoms with Crippen molar-refractivity contribution >= 4 is 11.7 Å². The molecule has 0 unspecified atom stereocenters. The van der Waals surface area contributed by atoms with E-state index >= 15 is 0 Å². The fourth-order valence-electron chi connectivity index (χ4n) is 3.03. The van der Waals surface area contributed by atoms with Crippen LogP contribution in [0.15, 0.2) is 72.0 Å². The number of ketones is 1. The number of carbonyl (C=O) groups is 2. The van der Waals surface area contributed by atoms with Crippen molar-refractivity contribution in [3.8, 4) is 0 Å². The van der Waals surface area contributed by atoms with Gasteiger partial charge in [-0.25, -0.2) is 0 Å². The second-order valence-electron chi connectivity index (χ2n) is 5.95. The molecule has 1 N–H and O–H groups in total. The molecule has 1 amide bonds. The molecular formula is C20H19NO3. The average Bonchev–Trinajstić information content (AvgIpc) is 2.81. The normalized spacial score (nSPS) is 19.7. The van der Waals surface area contributed by atoms with Gasteiger partial charge in [0.25, 0.3) is 5.91 Å². The highest BCUT2D eigenvalue weighted by molar-refractivity contribution is 6.26. The Morgan fingerprint density at radius 2 is 1.50 bits per heavy atom. The maximum absolute atomic E-state index is 12.7. The number of amides is 1. The number of rotatable bonds is 4.